The Morgan fingerprint density at radius 1 is 1.27 bits per heavy atom. The van der Waals surface area contributed by atoms with Gasteiger partial charge in [-0.05, 0) is 69.2 Å². The molecule has 0 saturated carbocycles. The van der Waals surface area contributed by atoms with Gasteiger partial charge in [-0.25, -0.2) is 0 Å². The fourth-order valence-electron chi connectivity index (χ4n) is 3.27. The van der Waals surface area contributed by atoms with Crippen molar-refractivity contribution >= 4 is 18.3 Å². The Morgan fingerprint density at radius 3 is 2.86 bits per heavy atom. The molecule has 1 aromatic heterocycles. The number of piperidine rings is 1. The smallest absolute Gasteiger partial charge is 0.261 e. The molecule has 122 valence electrons. The zero-order valence-corrected chi connectivity index (χ0v) is 13.6. The van der Waals surface area contributed by atoms with Gasteiger partial charge in [0.05, 0.1) is 0 Å². The highest BCUT2D eigenvalue weighted by molar-refractivity contribution is 5.94. The van der Waals surface area contributed by atoms with Gasteiger partial charge in [0.2, 0.25) is 0 Å². The number of aryl methyl sites for hydroxylation is 2. The summed E-state index contributed by atoms with van der Waals surface area (Å²) in [7, 11) is 0. The quantitative estimate of drug-likeness (QED) is 0.786. The van der Waals surface area contributed by atoms with Gasteiger partial charge >= 0.3 is 0 Å². The van der Waals surface area contributed by atoms with Gasteiger partial charge in [-0.15, -0.1) is 12.4 Å². The van der Waals surface area contributed by atoms with Gasteiger partial charge in [0.15, 0.2) is 0 Å². The Hall–Kier alpha value is -1.33. The lowest BCUT2D eigenvalue weighted by molar-refractivity contribution is 0.0943. The van der Waals surface area contributed by atoms with E-state index in [1.165, 1.54) is 0 Å². The first kappa shape index (κ1) is 17.0. The minimum absolute atomic E-state index is 0. The van der Waals surface area contributed by atoms with Gasteiger partial charge in [0.25, 0.3) is 11.5 Å². The van der Waals surface area contributed by atoms with E-state index >= 15 is 0 Å². The van der Waals surface area contributed by atoms with E-state index in [2.05, 4.69) is 15.6 Å². The highest BCUT2D eigenvalue weighted by Gasteiger charge is 2.19. The van der Waals surface area contributed by atoms with Crippen LogP contribution in [0.25, 0.3) is 0 Å². The second-order valence-electron chi connectivity index (χ2n) is 6.15. The van der Waals surface area contributed by atoms with E-state index < -0.39 is 0 Å². The number of carbonyl (C=O) groups excluding carboxylic acids is 1. The molecule has 0 radical (unpaired) electrons. The maximum Gasteiger partial charge on any atom is 0.261 e. The summed E-state index contributed by atoms with van der Waals surface area (Å²) in [4.78, 5) is 27.2. The van der Waals surface area contributed by atoms with Crippen LogP contribution < -0.4 is 16.2 Å². The van der Waals surface area contributed by atoms with Crippen molar-refractivity contribution in [3.63, 3.8) is 0 Å². The molecule has 0 aromatic carbocycles. The van der Waals surface area contributed by atoms with Crippen molar-refractivity contribution in [2.45, 2.75) is 38.5 Å². The minimum atomic E-state index is -0.255. The third kappa shape index (κ3) is 3.90. The Kier molecular flexibility index (Phi) is 6.03. The Bertz CT molecular complexity index is 579. The Labute approximate surface area is 136 Å². The summed E-state index contributed by atoms with van der Waals surface area (Å²) < 4.78 is 0. The van der Waals surface area contributed by atoms with Crippen LogP contribution in [0.2, 0.25) is 0 Å². The van der Waals surface area contributed by atoms with Gasteiger partial charge in [-0.2, -0.15) is 0 Å². The number of rotatable bonds is 3. The monoisotopic (exact) mass is 325 g/mol. The number of fused-ring (bicyclic) bond motifs is 1. The van der Waals surface area contributed by atoms with Crippen LogP contribution in [0, 0.1) is 5.92 Å². The number of carbonyl (C=O) groups is 1. The van der Waals surface area contributed by atoms with Crippen molar-refractivity contribution in [1.29, 1.82) is 0 Å². The summed E-state index contributed by atoms with van der Waals surface area (Å²) in [6.45, 7) is 2.65. The van der Waals surface area contributed by atoms with Crippen LogP contribution in [-0.4, -0.2) is 30.5 Å². The van der Waals surface area contributed by atoms with Crippen molar-refractivity contribution < 1.29 is 4.79 Å². The van der Waals surface area contributed by atoms with Crippen molar-refractivity contribution in [3.05, 3.63) is 33.2 Å². The second kappa shape index (κ2) is 7.79. The van der Waals surface area contributed by atoms with Gasteiger partial charge in [0.1, 0.15) is 5.56 Å². The number of amides is 1. The fourth-order valence-corrected chi connectivity index (χ4v) is 3.27. The van der Waals surface area contributed by atoms with Crippen molar-refractivity contribution in [3.8, 4) is 0 Å². The summed E-state index contributed by atoms with van der Waals surface area (Å²) >= 11 is 0. The number of aromatic amines is 1. The molecule has 1 aliphatic heterocycles. The van der Waals surface area contributed by atoms with Gasteiger partial charge in [-0.1, -0.05) is 0 Å². The molecular formula is C16H24ClN3O2. The van der Waals surface area contributed by atoms with Gasteiger partial charge < -0.3 is 15.6 Å². The van der Waals surface area contributed by atoms with E-state index in [0.717, 1.165) is 62.9 Å². The second-order valence-corrected chi connectivity index (χ2v) is 6.15. The van der Waals surface area contributed by atoms with E-state index in [1.807, 2.05) is 0 Å². The lowest BCUT2D eigenvalue weighted by Crippen LogP contribution is -2.39. The van der Waals surface area contributed by atoms with Crippen LogP contribution in [0.1, 0.15) is 47.3 Å². The third-order valence-corrected chi connectivity index (χ3v) is 4.53. The first-order chi connectivity index (χ1) is 10.2. The molecule has 0 spiro atoms. The van der Waals surface area contributed by atoms with Crippen LogP contribution >= 0.6 is 12.4 Å². The zero-order chi connectivity index (χ0) is 14.7. The number of H-pyrrole nitrogens is 1. The fraction of sp³-hybridized carbons (Fsp3) is 0.625. The molecule has 1 aliphatic carbocycles. The van der Waals surface area contributed by atoms with E-state index in [1.54, 1.807) is 6.07 Å². The molecule has 1 fully saturated rings. The summed E-state index contributed by atoms with van der Waals surface area (Å²) in [5.41, 5.74) is 2.15. The largest absolute Gasteiger partial charge is 0.352 e. The maximum atomic E-state index is 12.2. The highest BCUT2D eigenvalue weighted by atomic mass is 35.5. The summed E-state index contributed by atoms with van der Waals surface area (Å²) in [5, 5.41) is 6.25. The molecule has 1 atom stereocenters. The van der Waals surface area contributed by atoms with Crippen LogP contribution in [0.3, 0.4) is 0 Å². The summed E-state index contributed by atoms with van der Waals surface area (Å²) in [6, 6.07) is 1.79. The Morgan fingerprint density at radius 2 is 2.09 bits per heavy atom. The van der Waals surface area contributed by atoms with E-state index in [0.29, 0.717) is 12.5 Å². The lowest BCUT2D eigenvalue weighted by atomic mass is 9.95. The van der Waals surface area contributed by atoms with E-state index in [4.69, 9.17) is 0 Å². The first-order valence-electron chi connectivity index (χ1n) is 7.98. The van der Waals surface area contributed by atoms with Crippen LogP contribution in [0.15, 0.2) is 10.9 Å². The molecule has 3 N–H and O–H groups in total. The number of hydrogen-bond donors (Lipinski definition) is 3. The van der Waals surface area contributed by atoms with E-state index in [-0.39, 0.29) is 29.4 Å². The van der Waals surface area contributed by atoms with Crippen molar-refractivity contribution in [2.75, 3.05) is 19.6 Å². The molecule has 1 amide bonds. The maximum absolute atomic E-state index is 12.2. The summed E-state index contributed by atoms with van der Waals surface area (Å²) in [5.74, 6) is 0.231. The predicted molar refractivity (Wildman–Crippen MR) is 88.9 cm³/mol. The predicted octanol–water partition coefficient (Wildman–Crippen LogP) is 1.40. The molecular weight excluding hydrogens is 302 g/mol. The molecule has 6 heteroatoms. The van der Waals surface area contributed by atoms with Crippen LogP contribution in [0.5, 0.6) is 0 Å². The third-order valence-electron chi connectivity index (χ3n) is 4.53. The van der Waals surface area contributed by atoms with Crippen LogP contribution in [0.4, 0.5) is 0 Å². The molecule has 2 heterocycles. The molecule has 22 heavy (non-hydrogen) atoms. The van der Waals surface area contributed by atoms with Gasteiger partial charge in [-0.3, -0.25) is 9.59 Å². The molecule has 2 aliphatic rings. The number of hydrogen-bond acceptors (Lipinski definition) is 3. The molecule has 1 unspecified atom stereocenters. The molecule has 1 aromatic rings. The zero-order valence-electron chi connectivity index (χ0n) is 12.7. The minimum Gasteiger partial charge on any atom is -0.352 e. The topological polar surface area (TPSA) is 74.0 Å². The molecule has 3 rings (SSSR count). The highest BCUT2D eigenvalue weighted by Crippen LogP contribution is 2.18. The van der Waals surface area contributed by atoms with Crippen molar-refractivity contribution in [2.24, 2.45) is 5.92 Å². The van der Waals surface area contributed by atoms with E-state index in [9.17, 15) is 9.59 Å². The molecule has 1 saturated heterocycles. The normalized spacial score (nSPS) is 20.6. The van der Waals surface area contributed by atoms with Crippen LogP contribution in [-0.2, 0) is 12.8 Å². The Balaban J connectivity index is 0.00000176. The number of aromatic nitrogens is 1. The lowest BCUT2D eigenvalue weighted by Gasteiger charge is -2.23. The average Bonchev–Trinajstić information content (AvgIpc) is 2.53. The van der Waals surface area contributed by atoms with Gasteiger partial charge in [0, 0.05) is 12.2 Å². The molecule has 0 bridgehead atoms. The first-order valence-corrected chi connectivity index (χ1v) is 7.98. The average molecular weight is 326 g/mol. The summed E-state index contributed by atoms with van der Waals surface area (Å²) in [6.07, 6.45) is 6.41. The molecule has 5 nitrogen and oxygen atoms in total. The SMILES string of the molecule is Cl.O=C(NCC1CCCNC1)c1cc2c([nH]c1=O)CCCC2. The van der Waals surface area contributed by atoms with Crippen molar-refractivity contribution in [1.82, 2.24) is 15.6 Å². The number of nitrogens with one attached hydrogen (secondary N) is 3. The number of halogens is 1. The standard InChI is InChI=1S/C16H23N3O2.ClH/c20-15(18-10-11-4-3-7-17-9-11)13-8-12-5-1-2-6-14(12)19-16(13)21;/h8,11,17H,1-7,9-10H2,(H,18,20)(H,19,21);1H. The number of pyridine rings is 1.